The van der Waals surface area contributed by atoms with Gasteiger partial charge in [0.15, 0.2) is 11.3 Å². The Balaban J connectivity index is 0.866. The zero-order valence-electron chi connectivity index (χ0n) is 31.5. The highest BCUT2D eigenvalue weighted by Crippen LogP contribution is 2.37. The van der Waals surface area contributed by atoms with Crippen LogP contribution in [0, 0.1) is 11.7 Å². The predicted octanol–water partition coefficient (Wildman–Crippen LogP) is 3.95. The maximum Gasteiger partial charge on any atom is 0.261 e. The molecule has 298 valence electrons. The normalized spacial score (nSPS) is 17.6. The largest absolute Gasteiger partial charge is 0.491 e. The number of amides is 3. The van der Waals surface area contributed by atoms with Crippen molar-refractivity contribution in [3.8, 4) is 5.75 Å². The molecular formula is C40H44F2N10O5. The van der Waals surface area contributed by atoms with Gasteiger partial charge in [0.1, 0.15) is 29.5 Å². The number of piperidine rings is 1. The van der Waals surface area contributed by atoms with Gasteiger partial charge in [-0.25, -0.2) is 18.3 Å². The molecule has 3 aliphatic rings. The molecule has 17 heteroatoms. The number of rotatable bonds is 15. The maximum absolute atomic E-state index is 15.9. The molecule has 57 heavy (non-hydrogen) atoms. The zero-order chi connectivity index (χ0) is 39.7. The van der Waals surface area contributed by atoms with Crippen molar-refractivity contribution in [2.24, 2.45) is 5.92 Å². The summed E-state index contributed by atoms with van der Waals surface area (Å²) < 4.78 is 40.7. The van der Waals surface area contributed by atoms with Crippen molar-refractivity contribution in [2.75, 3.05) is 56.6 Å². The molecule has 0 radical (unpaired) electrons. The molecule has 2 saturated heterocycles. The molecule has 15 nitrogen and oxygen atoms in total. The lowest BCUT2D eigenvalue weighted by Gasteiger charge is -2.48. The van der Waals surface area contributed by atoms with Crippen molar-refractivity contribution in [1.29, 1.82) is 0 Å². The quantitative estimate of drug-likeness (QED) is 0.132. The average Bonchev–Trinajstić information content (AvgIpc) is 3.78. The molecule has 1 saturated carbocycles. The van der Waals surface area contributed by atoms with Gasteiger partial charge in [0.2, 0.25) is 5.91 Å². The van der Waals surface area contributed by atoms with Crippen molar-refractivity contribution in [3.63, 3.8) is 0 Å². The summed E-state index contributed by atoms with van der Waals surface area (Å²) in [7, 11) is 1.41. The lowest BCUT2D eigenvalue weighted by atomic mass is 9.93. The Morgan fingerprint density at radius 1 is 1.07 bits per heavy atom. The van der Waals surface area contributed by atoms with E-state index < -0.39 is 29.3 Å². The monoisotopic (exact) mass is 782 g/mol. The Hall–Kier alpha value is -5.97. The average molecular weight is 783 g/mol. The van der Waals surface area contributed by atoms with Crippen LogP contribution in [0.2, 0.25) is 0 Å². The minimum absolute atomic E-state index is 0.0617. The molecular weight excluding hydrogens is 739 g/mol. The summed E-state index contributed by atoms with van der Waals surface area (Å²) in [5.41, 5.74) is 0.844. The predicted molar refractivity (Wildman–Crippen MR) is 207 cm³/mol. The fraction of sp³-hybridized carbons (Fsp3) is 0.425. The first-order valence-electron chi connectivity index (χ1n) is 19.3. The summed E-state index contributed by atoms with van der Waals surface area (Å²) in [5.74, 6) is -1.33. The van der Waals surface area contributed by atoms with E-state index in [0.717, 1.165) is 36.6 Å². The van der Waals surface area contributed by atoms with E-state index in [0.29, 0.717) is 60.2 Å². The highest BCUT2D eigenvalue weighted by molar-refractivity contribution is 6.09. The topological polar surface area (TPSA) is 168 Å². The Bertz CT molecular complexity index is 2310. The highest BCUT2D eigenvalue weighted by atomic mass is 19.1. The SMILES string of the molecule is CNC(=O)C(CCC=O)NC(=O)c1ccc(N2CC(F)(CN3CCC(n4cc5cc(NC(=O)c6cnn7cccnc67)c(OCC6CC6)cc5n4)CC3)C2)cc1F. The molecule has 1 atom stereocenters. The molecule has 3 amide bonds. The van der Waals surface area contributed by atoms with Gasteiger partial charge in [-0.3, -0.25) is 24.0 Å². The van der Waals surface area contributed by atoms with E-state index in [1.165, 1.54) is 25.4 Å². The van der Waals surface area contributed by atoms with E-state index in [4.69, 9.17) is 9.84 Å². The lowest BCUT2D eigenvalue weighted by molar-refractivity contribution is -0.122. The van der Waals surface area contributed by atoms with Gasteiger partial charge in [0, 0.05) is 68.8 Å². The van der Waals surface area contributed by atoms with Crippen LogP contribution in [0.1, 0.15) is 65.3 Å². The fourth-order valence-electron chi connectivity index (χ4n) is 7.61. The number of carbonyl (C=O) groups excluding carboxylic acids is 4. The van der Waals surface area contributed by atoms with Crippen LogP contribution in [0.3, 0.4) is 0 Å². The second-order valence-electron chi connectivity index (χ2n) is 15.2. The number of carbonyl (C=O) groups is 4. The number of aromatic nitrogens is 5. The molecule has 2 aliphatic heterocycles. The van der Waals surface area contributed by atoms with Gasteiger partial charge < -0.3 is 30.4 Å². The molecule has 0 spiro atoms. The van der Waals surface area contributed by atoms with Gasteiger partial charge in [-0.1, -0.05) is 0 Å². The molecule has 2 aromatic carbocycles. The maximum atomic E-state index is 15.9. The summed E-state index contributed by atoms with van der Waals surface area (Å²) in [6.07, 6.45) is 11.4. The van der Waals surface area contributed by atoms with E-state index in [1.54, 1.807) is 33.9 Å². The van der Waals surface area contributed by atoms with Crippen molar-refractivity contribution in [3.05, 3.63) is 78.1 Å². The van der Waals surface area contributed by atoms with E-state index in [9.17, 15) is 19.2 Å². The number of benzene rings is 2. The molecule has 0 bridgehead atoms. The minimum Gasteiger partial charge on any atom is -0.491 e. The molecule has 8 rings (SSSR count). The van der Waals surface area contributed by atoms with Gasteiger partial charge in [0.25, 0.3) is 11.8 Å². The Morgan fingerprint density at radius 3 is 2.61 bits per heavy atom. The van der Waals surface area contributed by atoms with Crippen molar-refractivity contribution in [1.82, 2.24) is 39.9 Å². The summed E-state index contributed by atoms with van der Waals surface area (Å²) in [6.45, 7) is 2.35. The van der Waals surface area contributed by atoms with Gasteiger partial charge in [0.05, 0.1) is 48.7 Å². The second kappa shape index (κ2) is 15.9. The first-order chi connectivity index (χ1) is 27.6. The number of alkyl halides is 1. The van der Waals surface area contributed by atoms with Gasteiger partial charge >= 0.3 is 0 Å². The Morgan fingerprint density at radius 2 is 1.88 bits per heavy atom. The third-order valence-electron chi connectivity index (χ3n) is 11.0. The summed E-state index contributed by atoms with van der Waals surface area (Å²) >= 11 is 0. The molecule has 1 aliphatic carbocycles. The number of likely N-dealkylation sites (tertiary alicyclic amines) is 1. The number of ether oxygens (including phenoxy) is 1. The molecule has 5 aromatic rings. The van der Waals surface area contributed by atoms with E-state index >= 15 is 8.78 Å². The van der Waals surface area contributed by atoms with Crippen LogP contribution in [0.25, 0.3) is 16.6 Å². The van der Waals surface area contributed by atoms with E-state index in [-0.39, 0.29) is 50.0 Å². The van der Waals surface area contributed by atoms with Crippen molar-refractivity contribution < 1.29 is 32.7 Å². The van der Waals surface area contributed by atoms with Crippen LogP contribution >= 0.6 is 0 Å². The molecule has 1 unspecified atom stereocenters. The fourth-order valence-corrected chi connectivity index (χ4v) is 7.61. The number of nitrogens with zero attached hydrogens (tertiary/aromatic N) is 7. The van der Waals surface area contributed by atoms with Crippen molar-refractivity contribution >= 4 is 51.9 Å². The van der Waals surface area contributed by atoms with Crippen LogP contribution in [0.4, 0.5) is 20.2 Å². The van der Waals surface area contributed by atoms with Crippen LogP contribution < -0.4 is 25.6 Å². The zero-order valence-corrected chi connectivity index (χ0v) is 31.5. The van der Waals surface area contributed by atoms with E-state index in [1.807, 2.05) is 23.0 Å². The number of hydrogen-bond donors (Lipinski definition) is 3. The number of anilines is 2. The Kier molecular flexibility index (Phi) is 10.6. The Labute approximate surface area is 326 Å². The number of fused-ring (bicyclic) bond motifs is 2. The van der Waals surface area contributed by atoms with Crippen molar-refractivity contribution in [2.45, 2.75) is 56.3 Å². The van der Waals surface area contributed by atoms with Gasteiger partial charge in [-0.2, -0.15) is 10.2 Å². The molecule has 3 N–H and O–H groups in total. The molecule has 3 fully saturated rings. The second-order valence-corrected chi connectivity index (χ2v) is 15.2. The standard InChI is InChI=1S/C40H44F2N10O5/c1-43-39(56)32(4-2-15-53)46-37(54)29-8-7-28(17-31(29)41)50-23-40(42,24-50)22-49-13-9-27(10-14-49)52-20-26-16-34(35(18-33(26)48-52)57-21-25-5-6-25)47-38(55)30-19-45-51-12-3-11-44-36(30)51/h3,7-8,11-12,15-20,25,27,32H,2,4-6,9-10,13-14,21-24H2,1H3,(H,43,56)(H,46,54)(H,47,55). The number of hydrogen-bond acceptors (Lipinski definition) is 10. The van der Waals surface area contributed by atoms with Gasteiger partial charge in [-0.05, 0) is 68.4 Å². The van der Waals surface area contributed by atoms with Crippen LogP contribution in [0.15, 0.2) is 61.2 Å². The third-order valence-corrected chi connectivity index (χ3v) is 11.0. The summed E-state index contributed by atoms with van der Waals surface area (Å²) in [5, 5.41) is 17.9. The number of likely N-dealkylation sites (N-methyl/N-ethyl adjacent to an activating group) is 1. The smallest absolute Gasteiger partial charge is 0.261 e. The van der Waals surface area contributed by atoms with Crippen LogP contribution in [-0.4, -0.2) is 111 Å². The summed E-state index contributed by atoms with van der Waals surface area (Å²) in [4.78, 5) is 57.2. The third kappa shape index (κ3) is 8.28. The van der Waals surface area contributed by atoms with Gasteiger partial charge in [-0.15, -0.1) is 0 Å². The van der Waals surface area contributed by atoms with E-state index in [2.05, 4.69) is 30.9 Å². The minimum atomic E-state index is -1.48. The lowest BCUT2D eigenvalue weighted by Crippen LogP contribution is -2.64. The van der Waals surface area contributed by atoms with Crippen LogP contribution in [-0.2, 0) is 9.59 Å². The first kappa shape index (κ1) is 37.9. The molecule has 3 aromatic heterocycles. The summed E-state index contributed by atoms with van der Waals surface area (Å²) in [6, 6.07) is 8.72. The highest BCUT2D eigenvalue weighted by Gasteiger charge is 2.45. The number of halogens is 2. The first-order valence-corrected chi connectivity index (χ1v) is 19.3. The number of nitrogens with one attached hydrogen (secondary N) is 3. The molecule has 5 heterocycles. The number of aldehydes is 1. The van der Waals surface area contributed by atoms with Crippen LogP contribution in [0.5, 0.6) is 5.75 Å².